The van der Waals surface area contributed by atoms with Gasteiger partial charge in [-0.15, -0.1) is 0 Å². The number of ether oxygens (including phenoxy) is 3. The molecule has 146 valence electrons. The number of fused-ring (bicyclic) bond motifs is 1. The monoisotopic (exact) mass is 383 g/mol. The maximum absolute atomic E-state index is 12.2. The number of pyridine rings is 1. The summed E-state index contributed by atoms with van der Waals surface area (Å²) < 4.78 is 22.2. The SMILES string of the molecule is CCOC(=O)c1ccc(Oc2ccc3c(c2)COB3O)nc1OC1CCCC1. The van der Waals surface area contributed by atoms with E-state index in [2.05, 4.69) is 4.98 Å². The van der Waals surface area contributed by atoms with Gasteiger partial charge in [0.1, 0.15) is 17.4 Å². The van der Waals surface area contributed by atoms with E-state index in [1.807, 2.05) is 6.07 Å². The molecule has 1 aliphatic heterocycles. The van der Waals surface area contributed by atoms with Crippen LogP contribution < -0.4 is 14.9 Å². The Balaban J connectivity index is 1.57. The number of carbonyl (C=O) groups is 1. The molecule has 1 fully saturated rings. The fourth-order valence-corrected chi connectivity index (χ4v) is 3.49. The zero-order chi connectivity index (χ0) is 19.5. The summed E-state index contributed by atoms with van der Waals surface area (Å²) in [5.74, 6) is 0.668. The van der Waals surface area contributed by atoms with Crippen LogP contribution in [-0.2, 0) is 16.0 Å². The Kier molecular flexibility index (Phi) is 5.50. The van der Waals surface area contributed by atoms with Gasteiger partial charge in [-0.05, 0) is 61.8 Å². The van der Waals surface area contributed by atoms with Crippen LogP contribution >= 0.6 is 0 Å². The molecule has 8 heteroatoms. The highest BCUT2D eigenvalue weighted by Crippen LogP contribution is 2.29. The molecule has 0 unspecified atom stereocenters. The molecule has 28 heavy (non-hydrogen) atoms. The lowest BCUT2D eigenvalue weighted by atomic mass is 9.80. The van der Waals surface area contributed by atoms with Gasteiger partial charge in [-0.2, -0.15) is 4.98 Å². The van der Waals surface area contributed by atoms with Crippen molar-refractivity contribution in [2.45, 2.75) is 45.3 Å². The highest BCUT2D eigenvalue weighted by Gasteiger charge is 2.27. The number of nitrogens with zero attached hydrogens (tertiary/aromatic N) is 1. The second-order valence-electron chi connectivity index (χ2n) is 6.87. The number of benzene rings is 1. The van der Waals surface area contributed by atoms with E-state index in [0.717, 1.165) is 36.7 Å². The van der Waals surface area contributed by atoms with Gasteiger partial charge < -0.3 is 23.9 Å². The molecule has 1 aromatic heterocycles. The van der Waals surface area contributed by atoms with Gasteiger partial charge in [0.15, 0.2) is 0 Å². The van der Waals surface area contributed by atoms with Crippen LogP contribution in [0.3, 0.4) is 0 Å². The van der Waals surface area contributed by atoms with Gasteiger partial charge in [0, 0.05) is 6.07 Å². The molecule has 4 rings (SSSR count). The molecule has 0 amide bonds. The van der Waals surface area contributed by atoms with Gasteiger partial charge in [0.05, 0.1) is 13.2 Å². The summed E-state index contributed by atoms with van der Waals surface area (Å²) in [7, 11) is -0.891. The molecule has 1 aliphatic carbocycles. The third-order valence-corrected chi connectivity index (χ3v) is 4.91. The van der Waals surface area contributed by atoms with Crippen molar-refractivity contribution >= 4 is 18.6 Å². The van der Waals surface area contributed by atoms with Crippen LogP contribution in [0.25, 0.3) is 0 Å². The van der Waals surface area contributed by atoms with E-state index in [4.69, 9.17) is 18.9 Å². The van der Waals surface area contributed by atoms with Crippen molar-refractivity contribution in [2.75, 3.05) is 6.61 Å². The lowest BCUT2D eigenvalue weighted by Crippen LogP contribution is -2.27. The van der Waals surface area contributed by atoms with E-state index < -0.39 is 13.1 Å². The van der Waals surface area contributed by atoms with Crippen molar-refractivity contribution < 1.29 is 28.7 Å². The summed E-state index contributed by atoms with van der Waals surface area (Å²) in [5, 5.41) is 9.72. The minimum atomic E-state index is -0.891. The summed E-state index contributed by atoms with van der Waals surface area (Å²) in [6, 6.07) is 8.56. The number of esters is 1. The summed E-state index contributed by atoms with van der Waals surface area (Å²) in [6.07, 6.45) is 4.16. The molecule has 2 heterocycles. The Morgan fingerprint density at radius 3 is 2.89 bits per heavy atom. The van der Waals surface area contributed by atoms with E-state index in [0.29, 0.717) is 23.8 Å². The topological polar surface area (TPSA) is 87.1 Å². The first kappa shape index (κ1) is 18.8. The van der Waals surface area contributed by atoms with Crippen LogP contribution in [0.2, 0.25) is 0 Å². The maximum Gasteiger partial charge on any atom is 0.491 e. The predicted octanol–water partition coefficient (Wildman–Crippen LogP) is 2.59. The molecule has 0 bridgehead atoms. The molecule has 1 N–H and O–H groups in total. The number of carbonyl (C=O) groups excluding carboxylic acids is 1. The molecule has 0 saturated heterocycles. The van der Waals surface area contributed by atoms with Gasteiger partial charge >= 0.3 is 13.1 Å². The van der Waals surface area contributed by atoms with E-state index >= 15 is 0 Å². The van der Waals surface area contributed by atoms with Crippen LogP contribution in [0.15, 0.2) is 30.3 Å². The maximum atomic E-state index is 12.2. The molecule has 0 radical (unpaired) electrons. The molecule has 1 aromatic carbocycles. The largest absolute Gasteiger partial charge is 0.491 e. The van der Waals surface area contributed by atoms with Gasteiger partial charge in [0.25, 0.3) is 0 Å². The second kappa shape index (κ2) is 8.20. The zero-order valence-electron chi connectivity index (χ0n) is 15.7. The molecule has 0 spiro atoms. The Labute approximate surface area is 163 Å². The van der Waals surface area contributed by atoms with Crippen molar-refractivity contribution in [3.8, 4) is 17.5 Å². The van der Waals surface area contributed by atoms with Gasteiger partial charge in [-0.25, -0.2) is 4.79 Å². The summed E-state index contributed by atoms with van der Waals surface area (Å²) >= 11 is 0. The fourth-order valence-electron chi connectivity index (χ4n) is 3.49. The average Bonchev–Trinajstić information content (AvgIpc) is 3.32. The van der Waals surface area contributed by atoms with Crippen molar-refractivity contribution in [1.82, 2.24) is 4.98 Å². The van der Waals surface area contributed by atoms with Gasteiger partial charge in [-0.1, -0.05) is 6.07 Å². The Morgan fingerprint density at radius 2 is 2.11 bits per heavy atom. The third kappa shape index (κ3) is 3.98. The van der Waals surface area contributed by atoms with Crippen LogP contribution in [-0.4, -0.2) is 35.8 Å². The summed E-state index contributed by atoms with van der Waals surface area (Å²) in [5.41, 5.74) is 1.91. The molecular weight excluding hydrogens is 361 g/mol. The molecule has 2 aliphatic rings. The van der Waals surface area contributed by atoms with Crippen molar-refractivity contribution in [3.05, 3.63) is 41.5 Å². The smallest absolute Gasteiger partial charge is 0.474 e. The number of hydrogen-bond donors (Lipinski definition) is 1. The number of rotatable bonds is 6. The standard InChI is InChI=1S/C20H22BNO6/c1-2-25-20(23)16-8-10-18(22-19(16)28-14-5-3-4-6-14)27-15-7-9-17-13(11-15)12-26-21(17)24/h7-11,14,24H,2-6,12H2,1H3. The highest BCUT2D eigenvalue weighted by molar-refractivity contribution is 6.61. The summed E-state index contributed by atoms with van der Waals surface area (Å²) in [6.45, 7) is 2.37. The lowest BCUT2D eigenvalue weighted by molar-refractivity contribution is 0.0517. The fraction of sp³-hybridized carbons (Fsp3) is 0.400. The van der Waals surface area contributed by atoms with E-state index in [9.17, 15) is 9.82 Å². The second-order valence-corrected chi connectivity index (χ2v) is 6.87. The zero-order valence-corrected chi connectivity index (χ0v) is 15.7. The van der Waals surface area contributed by atoms with Crippen LogP contribution in [0.4, 0.5) is 0 Å². The molecular formula is C20H22BNO6. The van der Waals surface area contributed by atoms with Crippen LogP contribution in [0, 0.1) is 0 Å². The van der Waals surface area contributed by atoms with E-state index in [-0.39, 0.29) is 18.6 Å². The number of aromatic nitrogens is 1. The minimum absolute atomic E-state index is 0.0505. The minimum Gasteiger partial charge on any atom is -0.474 e. The third-order valence-electron chi connectivity index (χ3n) is 4.91. The average molecular weight is 383 g/mol. The molecule has 7 nitrogen and oxygen atoms in total. The predicted molar refractivity (Wildman–Crippen MR) is 102 cm³/mol. The highest BCUT2D eigenvalue weighted by atomic mass is 16.5. The van der Waals surface area contributed by atoms with Gasteiger partial charge in [0.2, 0.25) is 11.8 Å². The van der Waals surface area contributed by atoms with Gasteiger partial charge in [-0.3, -0.25) is 0 Å². The number of hydrogen-bond acceptors (Lipinski definition) is 7. The molecule has 1 saturated carbocycles. The van der Waals surface area contributed by atoms with Crippen molar-refractivity contribution in [2.24, 2.45) is 0 Å². The van der Waals surface area contributed by atoms with Crippen LogP contribution in [0.5, 0.6) is 17.5 Å². The van der Waals surface area contributed by atoms with Crippen LogP contribution in [0.1, 0.15) is 48.5 Å². The van der Waals surface area contributed by atoms with E-state index in [1.165, 1.54) is 0 Å². The molecule has 2 aromatic rings. The molecule has 0 atom stereocenters. The first-order valence-electron chi connectivity index (χ1n) is 9.59. The van der Waals surface area contributed by atoms with Crippen molar-refractivity contribution in [3.63, 3.8) is 0 Å². The van der Waals surface area contributed by atoms with Crippen molar-refractivity contribution in [1.29, 1.82) is 0 Å². The Bertz CT molecular complexity index is 868. The quantitative estimate of drug-likeness (QED) is 0.606. The lowest BCUT2D eigenvalue weighted by Gasteiger charge is -2.16. The first-order chi connectivity index (χ1) is 13.6. The summed E-state index contributed by atoms with van der Waals surface area (Å²) in [4.78, 5) is 16.7. The van der Waals surface area contributed by atoms with E-state index in [1.54, 1.807) is 31.2 Å². The first-order valence-corrected chi connectivity index (χ1v) is 9.59. The normalized spacial score (nSPS) is 16.1. The Morgan fingerprint density at radius 1 is 1.29 bits per heavy atom. The Hall–Kier alpha value is -2.58.